The lowest BCUT2D eigenvalue weighted by Gasteiger charge is -2.16. The highest BCUT2D eigenvalue weighted by molar-refractivity contribution is 7.15. The zero-order valence-corrected chi connectivity index (χ0v) is 19.5. The van der Waals surface area contributed by atoms with E-state index in [-0.39, 0.29) is 5.91 Å². The Labute approximate surface area is 185 Å². The monoisotopic (exact) mass is 447 g/mol. The van der Waals surface area contributed by atoms with Gasteiger partial charge in [0.2, 0.25) is 5.91 Å². The lowest BCUT2D eigenvalue weighted by atomic mass is 10.0. The van der Waals surface area contributed by atoms with E-state index in [9.17, 15) is 14.4 Å². The summed E-state index contributed by atoms with van der Waals surface area (Å²) in [6.45, 7) is 8.24. The first-order valence-electron chi connectivity index (χ1n) is 10.1. The molecule has 2 amide bonds. The van der Waals surface area contributed by atoms with Crippen molar-refractivity contribution >= 4 is 45.4 Å². The van der Waals surface area contributed by atoms with Gasteiger partial charge in [-0.25, -0.2) is 4.98 Å². The molecule has 2 aromatic heterocycles. The van der Waals surface area contributed by atoms with Crippen molar-refractivity contribution in [2.24, 2.45) is 0 Å². The number of carbonyl (C=O) groups excluding carboxylic acids is 3. The number of nitrogens with one attached hydrogen (secondary N) is 2. The number of Topliss-reactive ketones (excluding diaryl/α,β-unsaturated/α-hetero) is 1. The Morgan fingerprint density at radius 3 is 2.63 bits per heavy atom. The summed E-state index contributed by atoms with van der Waals surface area (Å²) in [6.07, 6.45) is 7.16. The molecule has 0 aliphatic carbocycles. The van der Waals surface area contributed by atoms with Crippen molar-refractivity contribution in [2.75, 3.05) is 5.32 Å². The molecule has 2 rings (SSSR count). The van der Waals surface area contributed by atoms with Gasteiger partial charge in [-0.2, -0.15) is 0 Å². The summed E-state index contributed by atoms with van der Waals surface area (Å²) in [5, 5.41) is 7.60. The number of aromatic nitrogens is 1. The van der Waals surface area contributed by atoms with E-state index in [1.807, 2.05) is 6.92 Å². The Bertz CT molecular complexity index is 883. The van der Waals surface area contributed by atoms with Crippen LogP contribution in [0.1, 0.15) is 73.8 Å². The van der Waals surface area contributed by atoms with E-state index < -0.39 is 17.7 Å². The molecule has 0 bridgehead atoms. The van der Waals surface area contributed by atoms with Gasteiger partial charge >= 0.3 is 0 Å². The van der Waals surface area contributed by atoms with Gasteiger partial charge in [0.1, 0.15) is 6.04 Å². The largest absolute Gasteiger partial charge is 0.337 e. The first kappa shape index (κ1) is 24.0. The van der Waals surface area contributed by atoms with Crippen LogP contribution in [0.4, 0.5) is 5.13 Å². The van der Waals surface area contributed by atoms with Gasteiger partial charge in [0, 0.05) is 11.1 Å². The van der Waals surface area contributed by atoms with Crippen molar-refractivity contribution in [1.29, 1.82) is 0 Å². The third kappa shape index (κ3) is 7.18. The van der Waals surface area contributed by atoms with Crippen LogP contribution in [-0.4, -0.2) is 28.6 Å². The van der Waals surface area contributed by atoms with Crippen LogP contribution in [0.15, 0.2) is 35.4 Å². The topological polar surface area (TPSA) is 88.2 Å². The average Bonchev–Trinajstić information content (AvgIpc) is 3.38. The van der Waals surface area contributed by atoms with Crippen molar-refractivity contribution < 1.29 is 14.4 Å². The third-order valence-corrected chi connectivity index (χ3v) is 6.55. The molecule has 0 aliphatic heterocycles. The summed E-state index contributed by atoms with van der Waals surface area (Å²) in [6, 6.07) is 2.52. The van der Waals surface area contributed by atoms with Crippen molar-refractivity contribution in [3.63, 3.8) is 0 Å². The number of rotatable bonds is 11. The number of allylic oxidation sites excluding steroid dienone is 2. The van der Waals surface area contributed by atoms with Crippen molar-refractivity contribution in [2.45, 2.75) is 65.3 Å². The van der Waals surface area contributed by atoms with Gasteiger partial charge in [-0.15, -0.1) is 22.7 Å². The molecule has 0 aliphatic rings. The molecule has 2 heterocycles. The van der Waals surface area contributed by atoms with E-state index in [4.69, 9.17) is 0 Å². The molecule has 0 fully saturated rings. The number of nitrogens with zero attached hydrogens (tertiary/aromatic N) is 1. The zero-order valence-electron chi connectivity index (χ0n) is 17.9. The minimum absolute atomic E-state index is 0.346. The van der Waals surface area contributed by atoms with Gasteiger partial charge in [0.25, 0.3) is 11.7 Å². The van der Waals surface area contributed by atoms with Crippen LogP contribution in [0.5, 0.6) is 0 Å². The van der Waals surface area contributed by atoms with Crippen LogP contribution in [0.3, 0.4) is 0 Å². The number of ketones is 1. The Morgan fingerprint density at radius 1 is 1.23 bits per heavy atom. The second-order valence-corrected chi connectivity index (χ2v) is 9.45. The maximum Gasteiger partial charge on any atom is 0.293 e. The number of hydrogen-bond donors (Lipinski definition) is 2. The number of thiazole rings is 1. The molecule has 0 saturated carbocycles. The zero-order chi connectivity index (χ0) is 22.1. The van der Waals surface area contributed by atoms with Crippen LogP contribution in [-0.2, 0) is 9.59 Å². The van der Waals surface area contributed by atoms with Crippen LogP contribution >= 0.6 is 22.7 Å². The molecule has 0 saturated heterocycles. The van der Waals surface area contributed by atoms with E-state index in [1.54, 1.807) is 23.7 Å². The van der Waals surface area contributed by atoms with Gasteiger partial charge in [0.05, 0.1) is 4.88 Å². The maximum atomic E-state index is 12.7. The van der Waals surface area contributed by atoms with Gasteiger partial charge in [-0.3, -0.25) is 14.4 Å². The minimum atomic E-state index is -0.783. The van der Waals surface area contributed by atoms with E-state index in [0.29, 0.717) is 28.8 Å². The third-order valence-electron chi connectivity index (χ3n) is 4.54. The van der Waals surface area contributed by atoms with Crippen molar-refractivity contribution in [1.82, 2.24) is 10.3 Å². The molecule has 0 aromatic carbocycles. The molecule has 2 N–H and O–H groups in total. The molecular weight excluding hydrogens is 418 g/mol. The maximum absolute atomic E-state index is 12.7. The Kier molecular flexibility index (Phi) is 9.39. The summed E-state index contributed by atoms with van der Waals surface area (Å²) in [7, 11) is 0. The average molecular weight is 448 g/mol. The first-order chi connectivity index (χ1) is 14.3. The number of carbonyl (C=O) groups is 3. The fraction of sp³-hybridized carbons (Fsp3) is 0.455. The molecule has 6 nitrogen and oxygen atoms in total. The summed E-state index contributed by atoms with van der Waals surface area (Å²) in [5.74, 6) is -1.40. The predicted molar refractivity (Wildman–Crippen MR) is 123 cm³/mol. The quantitative estimate of drug-likeness (QED) is 0.283. The van der Waals surface area contributed by atoms with Gasteiger partial charge < -0.3 is 10.6 Å². The molecule has 0 radical (unpaired) electrons. The summed E-state index contributed by atoms with van der Waals surface area (Å²) >= 11 is 2.65. The molecular formula is C22H29N3O3S2. The minimum Gasteiger partial charge on any atom is -0.337 e. The van der Waals surface area contributed by atoms with E-state index in [2.05, 4.69) is 42.5 Å². The van der Waals surface area contributed by atoms with Crippen LogP contribution in [0.25, 0.3) is 0 Å². The van der Waals surface area contributed by atoms with Gasteiger partial charge in [-0.1, -0.05) is 38.0 Å². The lowest BCUT2D eigenvalue weighted by molar-refractivity contribution is -0.124. The molecule has 1 unspecified atom stereocenters. The lowest BCUT2D eigenvalue weighted by Crippen LogP contribution is -2.46. The smallest absolute Gasteiger partial charge is 0.293 e. The van der Waals surface area contributed by atoms with Crippen LogP contribution < -0.4 is 10.6 Å². The summed E-state index contributed by atoms with van der Waals surface area (Å²) < 4.78 is 0. The van der Waals surface area contributed by atoms with E-state index in [1.165, 1.54) is 28.2 Å². The number of hydrogen-bond acceptors (Lipinski definition) is 6. The fourth-order valence-corrected chi connectivity index (χ4v) is 4.40. The highest BCUT2D eigenvalue weighted by atomic mass is 32.1. The van der Waals surface area contributed by atoms with Crippen molar-refractivity contribution in [3.8, 4) is 0 Å². The predicted octanol–water partition coefficient (Wildman–Crippen LogP) is 5.16. The second kappa shape index (κ2) is 11.8. The van der Waals surface area contributed by atoms with Gasteiger partial charge in [0.15, 0.2) is 5.13 Å². The highest BCUT2D eigenvalue weighted by Crippen LogP contribution is 2.29. The molecule has 0 spiro atoms. The molecule has 2 aromatic rings. The second-order valence-electron chi connectivity index (χ2n) is 7.44. The number of anilines is 1. The van der Waals surface area contributed by atoms with Gasteiger partial charge in [-0.05, 0) is 50.5 Å². The molecule has 2 atom stereocenters. The molecule has 30 heavy (non-hydrogen) atoms. The first-order valence-corrected chi connectivity index (χ1v) is 11.8. The Morgan fingerprint density at radius 2 is 2.00 bits per heavy atom. The Hall–Kier alpha value is -2.32. The Balaban J connectivity index is 1.96. The fourth-order valence-electron chi connectivity index (χ4n) is 2.83. The standard InChI is InChI=1S/C22H29N3O3S2/c1-5-8-16(24-21(28)19(26)17-11-7-12-29-17)20(27)25-22-23-13-18(30-22)15(4)10-6-9-14(2)3/h7,9,11-13,15-16H,5-6,8,10H2,1-4H3,(H,24,28)(H,23,25,27)/t15?,16-/m0/s1. The highest BCUT2D eigenvalue weighted by Gasteiger charge is 2.25. The SMILES string of the molecule is CCC[C@H](NC(=O)C(=O)c1cccs1)C(=O)Nc1ncc(C(C)CCC=C(C)C)s1. The van der Waals surface area contributed by atoms with E-state index in [0.717, 1.165) is 17.7 Å². The summed E-state index contributed by atoms with van der Waals surface area (Å²) in [5.41, 5.74) is 1.31. The normalized spacial score (nSPS) is 12.7. The molecule has 162 valence electrons. The number of amides is 2. The van der Waals surface area contributed by atoms with Crippen LogP contribution in [0, 0.1) is 0 Å². The van der Waals surface area contributed by atoms with E-state index >= 15 is 0 Å². The van der Waals surface area contributed by atoms with Crippen molar-refractivity contribution in [3.05, 3.63) is 45.1 Å². The molecule has 8 heteroatoms. The summed E-state index contributed by atoms with van der Waals surface area (Å²) in [4.78, 5) is 42.9. The van der Waals surface area contributed by atoms with Crippen LogP contribution in [0.2, 0.25) is 0 Å². The number of thiophene rings is 1.